The van der Waals surface area contributed by atoms with Crippen LogP contribution in [0.1, 0.15) is 22.9 Å². The van der Waals surface area contributed by atoms with E-state index >= 15 is 0 Å². The van der Waals surface area contributed by atoms with E-state index in [9.17, 15) is 25.7 Å². The fourth-order valence-corrected chi connectivity index (χ4v) is 5.99. The van der Waals surface area contributed by atoms with Crippen LogP contribution in [0.2, 0.25) is 0 Å². The Balaban J connectivity index is 1.84. The van der Waals surface area contributed by atoms with Crippen molar-refractivity contribution in [2.24, 2.45) is 0 Å². The molecule has 1 aromatic carbocycles. The van der Waals surface area contributed by atoms with Crippen molar-refractivity contribution >= 4 is 23.6 Å². The highest BCUT2D eigenvalue weighted by Crippen LogP contribution is 2.45. The number of hydrogen-bond donors (Lipinski definition) is 4. The molecule has 5 rings (SSSR count). The SMILES string of the molecule is N#Cc1c2c(c(-c3cccs3)n([C@H]3O[C@@H](CO)[C@@H](O)[C@@H](O)[C@@H]3O)c1=S)CCc1ccccc1-2. The van der Waals surface area contributed by atoms with Crippen LogP contribution in [-0.4, -0.2) is 56.0 Å². The molecule has 0 unspecified atom stereocenters. The zero-order valence-electron chi connectivity index (χ0n) is 17.5. The summed E-state index contributed by atoms with van der Waals surface area (Å²) in [4.78, 5) is 0.873. The Morgan fingerprint density at radius 1 is 1.09 bits per heavy atom. The van der Waals surface area contributed by atoms with Crippen LogP contribution in [0.15, 0.2) is 41.8 Å². The number of fused-ring (bicyclic) bond motifs is 3. The molecule has 2 aromatic heterocycles. The Morgan fingerprint density at radius 2 is 1.88 bits per heavy atom. The Morgan fingerprint density at radius 3 is 2.58 bits per heavy atom. The lowest BCUT2D eigenvalue weighted by molar-refractivity contribution is -0.251. The van der Waals surface area contributed by atoms with Crippen molar-refractivity contribution in [1.82, 2.24) is 4.57 Å². The lowest BCUT2D eigenvalue weighted by Gasteiger charge is -2.42. The van der Waals surface area contributed by atoms with Gasteiger partial charge in [0.25, 0.3) is 0 Å². The van der Waals surface area contributed by atoms with Gasteiger partial charge in [-0.3, -0.25) is 0 Å². The molecule has 1 aliphatic carbocycles. The minimum atomic E-state index is -1.55. The molecule has 0 bridgehead atoms. The van der Waals surface area contributed by atoms with Crippen LogP contribution >= 0.6 is 23.6 Å². The predicted octanol–water partition coefficient (Wildman–Crippen LogP) is 2.56. The average molecular weight is 483 g/mol. The van der Waals surface area contributed by atoms with E-state index < -0.39 is 37.3 Å². The number of aromatic nitrogens is 1. The number of rotatable bonds is 3. The predicted molar refractivity (Wildman–Crippen MR) is 125 cm³/mol. The monoisotopic (exact) mass is 482 g/mol. The number of ether oxygens (including phenoxy) is 1. The molecule has 170 valence electrons. The third kappa shape index (κ3) is 3.47. The quantitative estimate of drug-likeness (QED) is 0.424. The summed E-state index contributed by atoms with van der Waals surface area (Å²) in [6.45, 7) is -0.549. The van der Waals surface area contributed by atoms with Crippen LogP contribution in [-0.2, 0) is 17.6 Å². The second-order valence-corrected chi connectivity index (χ2v) is 9.55. The van der Waals surface area contributed by atoms with E-state index in [1.807, 2.05) is 41.8 Å². The molecule has 3 aromatic rings. The highest BCUT2D eigenvalue weighted by atomic mass is 32.1. The zero-order valence-corrected chi connectivity index (χ0v) is 19.1. The molecule has 0 radical (unpaired) electrons. The van der Waals surface area contributed by atoms with Crippen molar-refractivity contribution in [1.29, 1.82) is 5.26 Å². The zero-order chi connectivity index (χ0) is 23.3. The first-order chi connectivity index (χ1) is 16.0. The number of nitriles is 1. The standard InChI is InChI=1S/C24H22N2O5S2/c25-10-15-18-13-5-2-1-4-12(13)7-8-14(18)19(17-6-3-9-33-17)26(24(15)32)23-22(30)21(29)20(28)16(11-27)31-23/h1-6,9,16,20-23,27-30H,7-8,11H2/t16-,20+,21+,22-,23-/m0/s1. The molecular weight excluding hydrogens is 460 g/mol. The van der Waals surface area contributed by atoms with Crippen LogP contribution in [0.25, 0.3) is 21.7 Å². The number of benzene rings is 1. The van der Waals surface area contributed by atoms with Crippen LogP contribution in [0, 0.1) is 16.0 Å². The van der Waals surface area contributed by atoms with E-state index in [0.717, 1.165) is 33.6 Å². The Labute approximate surface area is 199 Å². The molecule has 0 spiro atoms. The summed E-state index contributed by atoms with van der Waals surface area (Å²) in [7, 11) is 0. The minimum Gasteiger partial charge on any atom is -0.394 e. The van der Waals surface area contributed by atoms with Gasteiger partial charge in [0.1, 0.15) is 35.1 Å². The summed E-state index contributed by atoms with van der Waals surface area (Å²) in [5, 5.41) is 53.3. The van der Waals surface area contributed by atoms with Crippen LogP contribution < -0.4 is 0 Å². The molecule has 0 saturated carbocycles. The second kappa shape index (κ2) is 8.74. The van der Waals surface area contributed by atoms with E-state index in [4.69, 9.17) is 17.0 Å². The van der Waals surface area contributed by atoms with Gasteiger partial charge in [-0.05, 0) is 41.0 Å². The second-order valence-electron chi connectivity index (χ2n) is 8.22. The third-order valence-corrected chi connectivity index (χ3v) is 7.71. The number of aliphatic hydroxyl groups is 4. The first kappa shape index (κ1) is 22.4. The maximum atomic E-state index is 10.9. The van der Waals surface area contributed by atoms with Gasteiger partial charge in [-0.25, -0.2) is 0 Å². The largest absolute Gasteiger partial charge is 0.394 e. The molecule has 7 nitrogen and oxygen atoms in total. The van der Waals surface area contributed by atoms with Gasteiger partial charge in [0.05, 0.1) is 22.7 Å². The summed E-state index contributed by atoms with van der Waals surface area (Å²) in [5.74, 6) is 0. The maximum Gasteiger partial charge on any atom is 0.164 e. The van der Waals surface area contributed by atoms with Crippen molar-refractivity contribution in [2.45, 2.75) is 43.5 Å². The third-order valence-electron chi connectivity index (χ3n) is 6.43. The van der Waals surface area contributed by atoms with Crippen molar-refractivity contribution in [3.05, 3.63) is 63.1 Å². The Hall–Kier alpha value is -2.42. The first-order valence-electron chi connectivity index (χ1n) is 10.6. The number of pyridine rings is 1. The first-order valence-corrected chi connectivity index (χ1v) is 11.9. The number of nitrogens with zero attached hydrogens (tertiary/aromatic N) is 2. The van der Waals surface area contributed by atoms with Gasteiger partial charge in [-0.1, -0.05) is 42.5 Å². The number of aliphatic hydroxyl groups excluding tert-OH is 4. The minimum absolute atomic E-state index is 0.167. The van der Waals surface area contributed by atoms with Crippen molar-refractivity contribution in [3.8, 4) is 27.8 Å². The number of thiophene rings is 1. The number of hydrogen-bond acceptors (Lipinski definition) is 8. The van der Waals surface area contributed by atoms with E-state index in [2.05, 4.69) is 6.07 Å². The summed E-state index contributed by atoms with van der Waals surface area (Å²) in [6.07, 6.45) is -5.41. The van der Waals surface area contributed by atoms with Crippen molar-refractivity contribution in [3.63, 3.8) is 0 Å². The highest BCUT2D eigenvalue weighted by Gasteiger charge is 2.45. The summed E-state index contributed by atoms with van der Waals surface area (Å²) >= 11 is 7.28. The van der Waals surface area contributed by atoms with Gasteiger partial charge in [0, 0.05) is 5.56 Å². The lowest BCUT2D eigenvalue weighted by atomic mass is 9.82. The molecule has 5 atom stereocenters. The summed E-state index contributed by atoms with van der Waals surface area (Å²) < 4.78 is 7.62. The topological polar surface area (TPSA) is 119 Å². The molecule has 4 N–H and O–H groups in total. The van der Waals surface area contributed by atoms with Crippen LogP contribution in [0.4, 0.5) is 0 Å². The summed E-state index contributed by atoms with van der Waals surface area (Å²) in [6, 6.07) is 14.0. The molecule has 9 heteroatoms. The normalized spacial score (nSPS) is 26.3. The molecule has 1 saturated heterocycles. The smallest absolute Gasteiger partial charge is 0.164 e. The molecule has 33 heavy (non-hydrogen) atoms. The van der Waals surface area contributed by atoms with Crippen LogP contribution in [0.5, 0.6) is 0 Å². The molecular formula is C24H22N2O5S2. The average Bonchev–Trinajstić information content (AvgIpc) is 3.37. The number of aryl methyl sites for hydroxylation is 1. The molecule has 2 aliphatic rings. The van der Waals surface area contributed by atoms with Gasteiger partial charge < -0.3 is 29.7 Å². The van der Waals surface area contributed by atoms with Gasteiger partial charge in [0.2, 0.25) is 0 Å². The van der Waals surface area contributed by atoms with E-state index in [-0.39, 0.29) is 4.64 Å². The van der Waals surface area contributed by atoms with Gasteiger partial charge in [-0.2, -0.15) is 5.26 Å². The molecule has 1 fully saturated rings. The van der Waals surface area contributed by atoms with Crippen molar-refractivity contribution < 1.29 is 25.2 Å². The molecule has 3 heterocycles. The van der Waals surface area contributed by atoms with Gasteiger partial charge in [0.15, 0.2) is 6.23 Å². The highest BCUT2D eigenvalue weighted by molar-refractivity contribution is 7.71. The molecule has 0 amide bonds. The maximum absolute atomic E-state index is 10.9. The Kier molecular flexibility index (Phi) is 5.93. The van der Waals surface area contributed by atoms with E-state index in [1.54, 1.807) is 4.57 Å². The van der Waals surface area contributed by atoms with Gasteiger partial charge in [-0.15, -0.1) is 11.3 Å². The summed E-state index contributed by atoms with van der Waals surface area (Å²) in [5.41, 5.74) is 4.80. The lowest BCUT2D eigenvalue weighted by Crippen LogP contribution is -2.56. The molecule has 1 aliphatic heterocycles. The fourth-order valence-electron chi connectivity index (χ4n) is 4.85. The van der Waals surface area contributed by atoms with E-state index in [1.165, 1.54) is 11.3 Å². The van der Waals surface area contributed by atoms with E-state index in [0.29, 0.717) is 17.7 Å². The Bertz CT molecular complexity index is 1300. The van der Waals surface area contributed by atoms with Crippen molar-refractivity contribution in [2.75, 3.05) is 6.61 Å². The fraction of sp³-hybridized carbons (Fsp3) is 0.333. The van der Waals surface area contributed by atoms with Gasteiger partial charge >= 0.3 is 0 Å². The van der Waals surface area contributed by atoms with Crippen LogP contribution in [0.3, 0.4) is 0 Å².